The number of anilines is 3. The highest BCUT2D eigenvalue weighted by Crippen LogP contribution is 2.25. The molecule has 0 bridgehead atoms. The predicted octanol–water partition coefficient (Wildman–Crippen LogP) is 6.10. The first kappa shape index (κ1) is 30.9. The number of aryl methyl sites for hydroxylation is 1. The number of piperazine rings is 1. The van der Waals surface area contributed by atoms with Crippen LogP contribution in [0.4, 0.5) is 17.3 Å². The first-order valence-corrected chi connectivity index (χ1v) is 15.1. The summed E-state index contributed by atoms with van der Waals surface area (Å²) in [5.74, 6) is 0.301. The van der Waals surface area contributed by atoms with Crippen LogP contribution in [0.25, 0.3) is 11.3 Å². The summed E-state index contributed by atoms with van der Waals surface area (Å²) in [7, 11) is 0. The van der Waals surface area contributed by atoms with Gasteiger partial charge < -0.3 is 16.0 Å². The fourth-order valence-electron chi connectivity index (χ4n) is 4.97. The number of benzene rings is 2. The third kappa shape index (κ3) is 9.00. The van der Waals surface area contributed by atoms with Gasteiger partial charge >= 0.3 is 0 Å². The van der Waals surface area contributed by atoms with E-state index in [4.69, 9.17) is 10.2 Å². The van der Waals surface area contributed by atoms with Crippen molar-refractivity contribution in [2.45, 2.75) is 39.7 Å². The van der Waals surface area contributed by atoms with Gasteiger partial charge in [0.25, 0.3) is 5.91 Å². The Morgan fingerprint density at radius 2 is 1.82 bits per heavy atom. The van der Waals surface area contributed by atoms with Crippen molar-refractivity contribution in [1.82, 2.24) is 24.9 Å². The van der Waals surface area contributed by atoms with Crippen LogP contribution >= 0.6 is 0 Å². The van der Waals surface area contributed by atoms with E-state index in [0.717, 1.165) is 80.2 Å². The first-order valence-electron chi connectivity index (χ1n) is 15.1. The monoisotopic (exact) mass is 592 g/mol. The highest BCUT2D eigenvalue weighted by Gasteiger charge is 2.18. The molecule has 0 spiro atoms. The summed E-state index contributed by atoms with van der Waals surface area (Å²) < 4.78 is 0. The number of rotatable bonds is 13. The van der Waals surface area contributed by atoms with E-state index in [0.29, 0.717) is 23.8 Å². The minimum Gasteiger partial charge on any atom is -0.324 e. The van der Waals surface area contributed by atoms with Crippen molar-refractivity contribution in [2.24, 2.45) is 0 Å². The topological polar surface area (TPSA) is 119 Å². The maximum absolute atomic E-state index is 13.1. The van der Waals surface area contributed by atoms with Crippen molar-refractivity contribution in [1.29, 1.82) is 5.41 Å². The number of hydrogen-bond acceptors (Lipinski definition) is 9. The van der Waals surface area contributed by atoms with Gasteiger partial charge in [-0.1, -0.05) is 18.2 Å². The lowest BCUT2D eigenvalue weighted by molar-refractivity contribution is -0.178. The summed E-state index contributed by atoms with van der Waals surface area (Å²) in [6, 6.07) is 19.2. The Labute approximate surface area is 259 Å². The molecule has 3 heterocycles. The number of aromatic nitrogens is 3. The highest BCUT2D eigenvalue weighted by molar-refractivity contribution is 6.04. The van der Waals surface area contributed by atoms with E-state index in [1.807, 2.05) is 74.5 Å². The number of hydrogen-bond donors (Lipinski definition) is 3. The molecule has 5 rings (SSSR count). The summed E-state index contributed by atoms with van der Waals surface area (Å²) in [5, 5.41) is 15.9. The van der Waals surface area contributed by atoms with Gasteiger partial charge in [-0.15, -0.1) is 0 Å². The van der Waals surface area contributed by atoms with Crippen molar-refractivity contribution in [3.05, 3.63) is 95.9 Å². The van der Waals surface area contributed by atoms with Gasteiger partial charge in [-0.05, 0) is 86.7 Å². The second kappa shape index (κ2) is 15.3. The average Bonchev–Trinajstić information content (AvgIpc) is 3.04. The molecule has 1 aliphatic rings. The van der Waals surface area contributed by atoms with Crippen LogP contribution in [0.1, 0.15) is 47.7 Å². The molecule has 228 valence electrons. The van der Waals surface area contributed by atoms with Crippen molar-refractivity contribution >= 4 is 28.9 Å². The van der Waals surface area contributed by atoms with Crippen molar-refractivity contribution < 1.29 is 9.63 Å². The number of unbranched alkanes of at least 4 members (excludes halogenated alkanes) is 1. The van der Waals surface area contributed by atoms with Gasteiger partial charge in [0, 0.05) is 79.5 Å². The smallest absolute Gasteiger partial charge is 0.255 e. The first-order chi connectivity index (χ1) is 21.4. The molecule has 1 fully saturated rings. The Bertz CT molecular complexity index is 1540. The maximum atomic E-state index is 13.1. The van der Waals surface area contributed by atoms with E-state index in [-0.39, 0.29) is 5.91 Å². The number of carbonyl (C=O) groups is 1. The second-order valence-corrected chi connectivity index (χ2v) is 11.1. The van der Waals surface area contributed by atoms with Gasteiger partial charge in [-0.25, -0.2) is 9.97 Å². The lowest BCUT2D eigenvalue weighted by atomic mass is 10.1. The number of amides is 1. The number of pyridine rings is 1. The van der Waals surface area contributed by atoms with Crippen LogP contribution in [0.5, 0.6) is 0 Å². The molecular formula is C34H40N8O2. The van der Waals surface area contributed by atoms with Crippen molar-refractivity contribution in [2.75, 3.05) is 43.4 Å². The van der Waals surface area contributed by atoms with Gasteiger partial charge in [0.2, 0.25) is 5.95 Å². The standard InChI is InChI=1S/C34H40N8O2/c1-25-8-13-30(22-32(25)40-34-37-16-14-31(39-34)29-7-5-15-36-23-29)38-33(43)28-11-9-27(10-12-28)24-41-17-19-42(20-18-41)44-21-4-3-6-26(2)35/h5,7-16,22-23,35H,3-4,6,17-21,24H2,1-2H3,(H,38,43)(H,37,39,40). The molecule has 0 radical (unpaired) electrons. The number of nitrogens with one attached hydrogen (secondary N) is 3. The molecule has 3 N–H and O–H groups in total. The minimum atomic E-state index is -0.164. The summed E-state index contributed by atoms with van der Waals surface area (Å²) in [6.07, 6.45) is 8.04. The maximum Gasteiger partial charge on any atom is 0.255 e. The SMILES string of the molecule is CC(=N)CCCCON1CCN(Cc2ccc(C(=O)Nc3ccc(C)c(Nc4nccc(-c5cccnc5)n4)c3)cc2)CC1. The van der Waals surface area contributed by atoms with E-state index in [1.54, 1.807) is 18.6 Å². The molecular weight excluding hydrogens is 552 g/mol. The number of hydroxylamine groups is 2. The third-order valence-electron chi connectivity index (χ3n) is 7.53. The van der Waals surface area contributed by atoms with Gasteiger partial charge in [-0.2, -0.15) is 5.06 Å². The van der Waals surface area contributed by atoms with Crippen LogP contribution in [-0.4, -0.2) is 69.3 Å². The molecule has 0 atom stereocenters. The van der Waals surface area contributed by atoms with Gasteiger partial charge in [0.1, 0.15) is 0 Å². The summed E-state index contributed by atoms with van der Waals surface area (Å²) in [5.41, 5.74) is 6.69. The second-order valence-electron chi connectivity index (χ2n) is 11.1. The minimum absolute atomic E-state index is 0.164. The van der Waals surface area contributed by atoms with Crippen LogP contribution in [0.2, 0.25) is 0 Å². The van der Waals surface area contributed by atoms with Crippen LogP contribution in [0.3, 0.4) is 0 Å². The van der Waals surface area contributed by atoms with Gasteiger partial charge in [0.05, 0.1) is 12.3 Å². The Morgan fingerprint density at radius 1 is 1.00 bits per heavy atom. The van der Waals surface area contributed by atoms with Crippen molar-refractivity contribution in [3.8, 4) is 11.3 Å². The Kier molecular flexibility index (Phi) is 10.7. The van der Waals surface area contributed by atoms with Crippen molar-refractivity contribution in [3.63, 3.8) is 0 Å². The fraction of sp³-hybridized carbons (Fsp3) is 0.324. The van der Waals surface area contributed by atoms with Gasteiger partial charge in [0.15, 0.2) is 0 Å². The molecule has 2 aromatic carbocycles. The molecule has 1 saturated heterocycles. The predicted molar refractivity (Wildman–Crippen MR) is 174 cm³/mol. The third-order valence-corrected chi connectivity index (χ3v) is 7.53. The molecule has 1 amide bonds. The van der Waals surface area contributed by atoms with E-state index < -0.39 is 0 Å². The molecule has 0 saturated carbocycles. The summed E-state index contributed by atoms with van der Waals surface area (Å²) >= 11 is 0. The molecule has 1 aliphatic heterocycles. The largest absolute Gasteiger partial charge is 0.324 e. The molecule has 10 nitrogen and oxygen atoms in total. The highest BCUT2D eigenvalue weighted by atomic mass is 16.7. The van der Waals surface area contributed by atoms with Crippen LogP contribution in [0, 0.1) is 12.3 Å². The molecule has 4 aromatic rings. The van der Waals surface area contributed by atoms with E-state index >= 15 is 0 Å². The zero-order valence-electron chi connectivity index (χ0n) is 25.4. The fourth-order valence-corrected chi connectivity index (χ4v) is 4.97. The molecule has 0 aliphatic carbocycles. The van der Waals surface area contributed by atoms with E-state index in [1.165, 1.54) is 5.56 Å². The Hall–Kier alpha value is -4.51. The van der Waals surface area contributed by atoms with Crippen LogP contribution in [-0.2, 0) is 11.4 Å². The lowest BCUT2D eigenvalue weighted by Crippen LogP contribution is -2.45. The van der Waals surface area contributed by atoms with E-state index in [2.05, 4.69) is 35.5 Å². The average molecular weight is 593 g/mol. The zero-order chi connectivity index (χ0) is 30.7. The zero-order valence-corrected chi connectivity index (χ0v) is 25.4. The van der Waals surface area contributed by atoms with Gasteiger partial charge in [-0.3, -0.25) is 19.5 Å². The normalized spacial score (nSPS) is 13.9. The molecule has 44 heavy (non-hydrogen) atoms. The molecule has 2 aromatic heterocycles. The van der Waals surface area contributed by atoms with E-state index in [9.17, 15) is 4.79 Å². The lowest BCUT2D eigenvalue weighted by Gasteiger charge is -2.33. The number of nitrogens with zero attached hydrogens (tertiary/aromatic N) is 5. The van der Waals surface area contributed by atoms with Crippen LogP contribution in [0.15, 0.2) is 79.3 Å². The Balaban J connectivity index is 1.11. The quantitative estimate of drug-likeness (QED) is 0.126. The van der Waals surface area contributed by atoms with Crippen LogP contribution < -0.4 is 10.6 Å². The summed E-state index contributed by atoms with van der Waals surface area (Å²) in [6.45, 7) is 9.02. The summed E-state index contributed by atoms with van der Waals surface area (Å²) in [4.78, 5) is 34.5. The molecule has 0 unspecified atom stereocenters. The number of carbonyl (C=O) groups excluding carboxylic acids is 1. The Morgan fingerprint density at radius 3 is 2.57 bits per heavy atom. The molecule has 10 heteroatoms.